The number of carbonyl (C=O) groups excluding carboxylic acids is 2. The maximum atomic E-state index is 12.6. The molecule has 1 N–H and O–H groups in total. The van der Waals surface area contributed by atoms with Gasteiger partial charge in [0.2, 0.25) is 0 Å². The minimum absolute atomic E-state index is 0.131. The molecule has 1 saturated heterocycles. The number of halogens is 1. The minimum atomic E-state index is -0.513. The first kappa shape index (κ1) is 17.8. The Hall–Kier alpha value is -2.99. The summed E-state index contributed by atoms with van der Waals surface area (Å²) >= 11 is 6.29. The van der Waals surface area contributed by atoms with E-state index < -0.39 is 11.9 Å². The van der Waals surface area contributed by atoms with E-state index in [1.165, 1.54) is 13.2 Å². The van der Waals surface area contributed by atoms with Gasteiger partial charge >= 0.3 is 6.03 Å². The molecular formula is C19H17ClN2O4. The van der Waals surface area contributed by atoms with Crippen molar-refractivity contribution in [2.45, 2.75) is 6.92 Å². The minimum Gasteiger partial charge on any atom is -0.493 e. The number of para-hydroxylation sites is 1. The molecule has 7 heteroatoms. The van der Waals surface area contributed by atoms with Gasteiger partial charge in [-0.15, -0.1) is 0 Å². The molecule has 1 heterocycles. The van der Waals surface area contributed by atoms with Crippen molar-refractivity contribution in [1.29, 1.82) is 0 Å². The number of ether oxygens (including phenoxy) is 2. The molecular weight excluding hydrogens is 356 g/mol. The van der Waals surface area contributed by atoms with Crippen LogP contribution in [-0.2, 0) is 4.79 Å². The highest BCUT2D eigenvalue weighted by molar-refractivity contribution is 6.33. The third-order valence-electron chi connectivity index (χ3n) is 3.78. The highest BCUT2D eigenvalue weighted by Gasteiger charge is 2.34. The molecule has 1 aliphatic rings. The van der Waals surface area contributed by atoms with Gasteiger partial charge in [-0.3, -0.25) is 4.79 Å². The predicted molar refractivity (Wildman–Crippen MR) is 99.6 cm³/mol. The number of methoxy groups -OCH3 is 1. The van der Waals surface area contributed by atoms with Crippen LogP contribution in [0.4, 0.5) is 10.5 Å². The van der Waals surface area contributed by atoms with Crippen LogP contribution >= 0.6 is 11.6 Å². The second kappa shape index (κ2) is 7.49. The van der Waals surface area contributed by atoms with Crippen LogP contribution in [0.2, 0.25) is 5.02 Å². The van der Waals surface area contributed by atoms with Crippen LogP contribution in [0.15, 0.2) is 48.2 Å². The molecule has 0 radical (unpaired) electrons. The third kappa shape index (κ3) is 3.36. The first-order valence-corrected chi connectivity index (χ1v) is 8.35. The summed E-state index contributed by atoms with van der Waals surface area (Å²) < 4.78 is 10.8. The fourth-order valence-corrected chi connectivity index (χ4v) is 2.80. The Labute approximate surface area is 156 Å². The van der Waals surface area contributed by atoms with Gasteiger partial charge in [0.1, 0.15) is 5.70 Å². The Kier molecular flexibility index (Phi) is 5.14. The van der Waals surface area contributed by atoms with Crippen LogP contribution in [0, 0.1) is 0 Å². The molecule has 3 amide bonds. The van der Waals surface area contributed by atoms with Gasteiger partial charge in [-0.2, -0.15) is 0 Å². The van der Waals surface area contributed by atoms with E-state index in [1.807, 2.05) is 13.0 Å². The second-order valence-corrected chi connectivity index (χ2v) is 5.83. The SMILES string of the molecule is CCOc1cc(Cl)c(/C=C2/NC(=O)N(c3ccccc3)C2=O)cc1OC. The Morgan fingerprint density at radius 2 is 1.88 bits per heavy atom. The van der Waals surface area contributed by atoms with Crippen molar-refractivity contribution in [3.63, 3.8) is 0 Å². The largest absolute Gasteiger partial charge is 0.493 e. The summed E-state index contributed by atoms with van der Waals surface area (Å²) in [7, 11) is 1.52. The molecule has 26 heavy (non-hydrogen) atoms. The van der Waals surface area contributed by atoms with Crippen LogP contribution in [0.3, 0.4) is 0 Å². The summed E-state index contributed by atoms with van der Waals surface area (Å²) in [5.74, 6) is 0.541. The number of nitrogens with zero attached hydrogens (tertiary/aromatic N) is 1. The summed E-state index contributed by atoms with van der Waals surface area (Å²) in [6.07, 6.45) is 1.52. The summed E-state index contributed by atoms with van der Waals surface area (Å²) in [6, 6.07) is 11.5. The predicted octanol–water partition coefficient (Wildman–Crippen LogP) is 3.84. The number of benzene rings is 2. The lowest BCUT2D eigenvalue weighted by Crippen LogP contribution is -2.30. The molecule has 1 aliphatic heterocycles. The fourth-order valence-electron chi connectivity index (χ4n) is 2.59. The first-order valence-electron chi connectivity index (χ1n) is 7.97. The van der Waals surface area contributed by atoms with Gasteiger partial charge in [-0.25, -0.2) is 9.69 Å². The topological polar surface area (TPSA) is 67.9 Å². The van der Waals surface area contributed by atoms with Crippen molar-refractivity contribution < 1.29 is 19.1 Å². The quantitative estimate of drug-likeness (QED) is 0.639. The zero-order chi connectivity index (χ0) is 18.7. The molecule has 0 spiro atoms. The Bertz CT molecular complexity index is 881. The number of carbonyl (C=O) groups is 2. The molecule has 0 bridgehead atoms. The van der Waals surface area contributed by atoms with E-state index in [2.05, 4.69) is 5.32 Å². The van der Waals surface area contributed by atoms with Crippen molar-refractivity contribution in [3.05, 3.63) is 58.7 Å². The summed E-state index contributed by atoms with van der Waals surface area (Å²) in [5.41, 5.74) is 1.16. The number of nitrogens with one attached hydrogen (secondary N) is 1. The fraction of sp³-hybridized carbons (Fsp3) is 0.158. The standard InChI is InChI=1S/C19H17ClN2O4/c1-3-26-17-11-14(20)12(10-16(17)25-2)9-15-18(23)22(19(24)21-15)13-7-5-4-6-8-13/h4-11H,3H2,1-2H3,(H,21,24)/b15-9+. The molecule has 0 unspecified atom stereocenters. The highest BCUT2D eigenvalue weighted by Crippen LogP contribution is 2.35. The smallest absolute Gasteiger partial charge is 0.333 e. The average Bonchev–Trinajstić information content (AvgIpc) is 2.91. The molecule has 0 aliphatic carbocycles. The van der Waals surface area contributed by atoms with E-state index in [4.69, 9.17) is 21.1 Å². The van der Waals surface area contributed by atoms with Crippen LogP contribution in [0.5, 0.6) is 11.5 Å². The van der Waals surface area contributed by atoms with Gasteiger partial charge in [0.15, 0.2) is 11.5 Å². The van der Waals surface area contributed by atoms with Gasteiger partial charge in [-0.05, 0) is 36.8 Å². The maximum absolute atomic E-state index is 12.6. The van der Waals surface area contributed by atoms with E-state index >= 15 is 0 Å². The van der Waals surface area contributed by atoms with E-state index in [1.54, 1.807) is 36.4 Å². The Morgan fingerprint density at radius 1 is 1.15 bits per heavy atom. The molecule has 2 aromatic rings. The molecule has 6 nitrogen and oxygen atoms in total. The van der Waals surface area contributed by atoms with E-state index in [0.29, 0.717) is 34.4 Å². The lowest BCUT2D eigenvalue weighted by atomic mass is 10.1. The number of hydrogen-bond donors (Lipinski definition) is 1. The van der Waals surface area contributed by atoms with Crippen LogP contribution in [-0.4, -0.2) is 25.7 Å². The summed E-state index contributed by atoms with van der Waals surface area (Å²) in [6.45, 7) is 2.32. The van der Waals surface area contributed by atoms with Crippen LogP contribution in [0.1, 0.15) is 12.5 Å². The van der Waals surface area contributed by atoms with E-state index in [-0.39, 0.29) is 5.70 Å². The monoisotopic (exact) mass is 372 g/mol. The average molecular weight is 373 g/mol. The lowest BCUT2D eigenvalue weighted by Gasteiger charge is -2.12. The van der Waals surface area contributed by atoms with Crippen LogP contribution < -0.4 is 19.7 Å². The zero-order valence-corrected chi connectivity index (χ0v) is 15.0. The van der Waals surface area contributed by atoms with Gasteiger partial charge in [0.25, 0.3) is 5.91 Å². The Balaban J connectivity index is 1.96. The van der Waals surface area contributed by atoms with Gasteiger partial charge in [-0.1, -0.05) is 29.8 Å². The number of rotatable bonds is 5. The number of urea groups is 1. The second-order valence-electron chi connectivity index (χ2n) is 5.42. The van der Waals surface area contributed by atoms with E-state index in [0.717, 1.165) is 4.90 Å². The van der Waals surface area contributed by atoms with Crippen molar-refractivity contribution in [1.82, 2.24) is 5.32 Å². The molecule has 3 rings (SSSR count). The van der Waals surface area contributed by atoms with Crippen molar-refractivity contribution in [3.8, 4) is 11.5 Å². The third-order valence-corrected chi connectivity index (χ3v) is 4.10. The first-order chi connectivity index (χ1) is 12.5. The number of anilines is 1. The van der Waals surface area contributed by atoms with Crippen LogP contribution in [0.25, 0.3) is 6.08 Å². The normalized spacial score (nSPS) is 15.3. The number of hydrogen-bond acceptors (Lipinski definition) is 4. The van der Waals surface area contributed by atoms with Gasteiger partial charge in [0.05, 0.1) is 24.4 Å². The number of amides is 3. The molecule has 2 aromatic carbocycles. The van der Waals surface area contributed by atoms with E-state index in [9.17, 15) is 9.59 Å². The lowest BCUT2D eigenvalue weighted by molar-refractivity contribution is -0.113. The molecule has 134 valence electrons. The Morgan fingerprint density at radius 3 is 2.54 bits per heavy atom. The molecule has 0 aromatic heterocycles. The van der Waals surface area contributed by atoms with Crippen molar-refractivity contribution >= 4 is 35.3 Å². The summed E-state index contributed by atoms with van der Waals surface area (Å²) in [5, 5.41) is 2.95. The van der Waals surface area contributed by atoms with Crippen molar-refractivity contribution in [2.24, 2.45) is 0 Å². The molecule has 0 saturated carbocycles. The van der Waals surface area contributed by atoms with Gasteiger partial charge in [0, 0.05) is 6.07 Å². The highest BCUT2D eigenvalue weighted by atomic mass is 35.5. The van der Waals surface area contributed by atoms with Gasteiger partial charge < -0.3 is 14.8 Å². The molecule has 0 atom stereocenters. The maximum Gasteiger partial charge on any atom is 0.333 e. The zero-order valence-electron chi connectivity index (χ0n) is 14.3. The summed E-state index contributed by atoms with van der Waals surface area (Å²) in [4.78, 5) is 25.9. The molecule has 1 fully saturated rings. The van der Waals surface area contributed by atoms with Crippen molar-refractivity contribution in [2.75, 3.05) is 18.6 Å². The number of imide groups is 1.